The van der Waals surface area contributed by atoms with E-state index in [4.69, 9.17) is 5.11 Å². The SMILES string of the molecule is Cc1cn(CC(=O)O)cc1C. The van der Waals surface area contributed by atoms with Gasteiger partial charge in [-0.2, -0.15) is 0 Å². The Bertz CT molecular complexity index is 256. The lowest BCUT2D eigenvalue weighted by Gasteiger charge is -1.94. The summed E-state index contributed by atoms with van der Waals surface area (Å²) in [7, 11) is 0. The lowest BCUT2D eigenvalue weighted by Crippen LogP contribution is -2.06. The van der Waals surface area contributed by atoms with Crippen LogP contribution in [0.1, 0.15) is 11.1 Å². The number of carbonyl (C=O) groups is 1. The van der Waals surface area contributed by atoms with Crippen molar-refractivity contribution >= 4 is 5.97 Å². The van der Waals surface area contributed by atoms with E-state index in [0.717, 1.165) is 11.1 Å². The summed E-state index contributed by atoms with van der Waals surface area (Å²) < 4.78 is 1.67. The number of carboxylic acid groups (broad SMARTS) is 1. The molecule has 1 heterocycles. The number of aryl methyl sites for hydroxylation is 2. The second-order valence-electron chi connectivity index (χ2n) is 2.69. The first-order valence-corrected chi connectivity index (χ1v) is 3.44. The fraction of sp³-hybridized carbons (Fsp3) is 0.375. The highest BCUT2D eigenvalue weighted by Gasteiger charge is 2.00. The van der Waals surface area contributed by atoms with Crippen molar-refractivity contribution < 1.29 is 9.90 Å². The number of rotatable bonds is 2. The highest BCUT2D eigenvalue weighted by molar-refractivity contribution is 5.66. The molecule has 0 amide bonds. The first kappa shape index (κ1) is 7.85. The summed E-state index contributed by atoms with van der Waals surface area (Å²) >= 11 is 0. The Morgan fingerprint density at radius 2 is 1.91 bits per heavy atom. The molecule has 1 aromatic rings. The Hall–Kier alpha value is -1.25. The van der Waals surface area contributed by atoms with Crippen molar-refractivity contribution in [2.24, 2.45) is 0 Å². The van der Waals surface area contributed by atoms with Crippen LogP contribution in [0.5, 0.6) is 0 Å². The molecule has 0 aliphatic heterocycles. The van der Waals surface area contributed by atoms with Crippen LogP contribution >= 0.6 is 0 Å². The van der Waals surface area contributed by atoms with E-state index in [-0.39, 0.29) is 6.54 Å². The minimum absolute atomic E-state index is 0.0503. The molecular formula is C8H11NO2. The van der Waals surface area contributed by atoms with Gasteiger partial charge in [0.25, 0.3) is 0 Å². The summed E-state index contributed by atoms with van der Waals surface area (Å²) in [5.74, 6) is -0.806. The largest absolute Gasteiger partial charge is 0.480 e. The zero-order chi connectivity index (χ0) is 8.43. The third-order valence-electron chi connectivity index (χ3n) is 1.66. The topological polar surface area (TPSA) is 42.2 Å². The predicted octanol–water partition coefficient (Wildman–Crippen LogP) is 1.19. The van der Waals surface area contributed by atoms with Crippen LogP contribution in [0.4, 0.5) is 0 Å². The van der Waals surface area contributed by atoms with Crippen LogP contribution in [0.15, 0.2) is 12.4 Å². The van der Waals surface area contributed by atoms with E-state index in [0.29, 0.717) is 0 Å². The number of aliphatic carboxylic acids is 1. The van der Waals surface area contributed by atoms with Crippen LogP contribution in [0.2, 0.25) is 0 Å². The predicted molar refractivity (Wildman–Crippen MR) is 41.5 cm³/mol. The molecule has 0 aliphatic carbocycles. The van der Waals surface area contributed by atoms with Crippen LogP contribution in [-0.2, 0) is 11.3 Å². The van der Waals surface area contributed by atoms with Gasteiger partial charge in [-0.15, -0.1) is 0 Å². The molecule has 1 rings (SSSR count). The highest BCUT2D eigenvalue weighted by Crippen LogP contribution is 2.06. The van der Waals surface area contributed by atoms with Crippen LogP contribution in [-0.4, -0.2) is 15.6 Å². The molecule has 3 heteroatoms. The van der Waals surface area contributed by atoms with Crippen molar-refractivity contribution in [2.75, 3.05) is 0 Å². The van der Waals surface area contributed by atoms with Gasteiger partial charge in [-0.25, -0.2) is 0 Å². The Labute approximate surface area is 65.3 Å². The molecule has 60 valence electrons. The monoisotopic (exact) mass is 153 g/mol. The summed E-state index contributed by atoms with van der Waals surface area (Å²) in [6.45, 7) is 3.98. The summed E-state index contributed by atoms with van der Waals surface area (Å²) in [5, 5.41) is 8.45. The normalized spacial score (nSPS) is 10.0. The molecule has 0 atom stereocenters. The Kier molecular flexibility index (Phi) is 1.98. The van der Waals surface area contributed by atoms with E-state index in [1.807, 2.05) is 26.2 Å². The quantitative estimate of drug-likeness (QED) is 0.693. The molecule has 0 unspecified atom stereocenters. The molecule has 0 bridgehead atoms. The van der Waals surface area contributed by atoms with Crippen molar-refractivity contribution in [2.45, 2.75) is 20.4 Å². The Morgan fingerprint density at radius 1 is 1.45 bits per heavy atom. The second-order valence-corrected chi connectivity index (χ2v) is 2.69. The minimum Gasteiger partial charge on any atom is -0.480 e. The van der Waals surface area contributed by atoms with Crippen LogP contribution in [0.3, 0.4) is 0 Å². The third kappa shape index (κ3) is 1.83. The van der Waals surface area contributed by atoms with E-state index in [1.54, 1.807) is 4.57 Å². The maximum Gasteiger partial charge on any atom is 0.323 e. The Morgan fingerprint density at radius 3 is 2.27 bits per heavy atom. The number of hydrogen-bond donors (Lipinski definition) is 1. The molecule has 0 saturated carbocycles. The smallest absolute Gasteiger partial charge is 0.323 e. The van der Waals surface area contributed by atoms with Gasteiger partial charge in [0.15, 0.2) is 0 Å². The molecule has 0 aromatic carbocycles. The molecule has 0 fully saturated rings. The molecule has 3 nitrogen and oxygen atoms in total. The lowest BCUT2D eigenvalue weighted by molar-refractivity contribution is -0.137. The highest BCUT2D eigenvalue weighted by atomic mass is 16.4. The molecule has 0 aliphatic rings. The van der Waals surface area contributed by atoms with Gasteiger partial charge >= 0.3 is 5.97 Å². The zero-order valence-electron chi connectivity index (χ0n) is 6.66. The second kappa shape index (κ2) is 2.78. The first-order valence-electron chi connectivity index (χ1n) is 3.44. The summed E-state index contributed by atoms with van der Waals surface area (Å²) in [4.78, 5) is 10.3. The molecule has 11 heavy (non-hydrogen) atoms. The summed E-state index contributed by atoms with van der Waals surface area (Å²) in [6.07, 6.45) is 3.67. The average molecular weight is 153 g/mol. The molecule has 0 saturated heterocycles. The van der Waals surface area contributed by atoms with Crippen molar-refractivity contribution in [1.82, 2.24) is 4.57 Å². The van der Waals surface area contributed by atoms with Crippen molar-refractivity contribution in [3.05, 3.63) is 23.5 Å². The molecule has 0 spiro atoms. The van der Waals surface area contributed by atoms with Gasteiger partial charge < -0.3 is 9.67 Å². The fourth-order valence-electron chi connectivity index (χ4n) is 0.986. The first-order chi connectivity index (χ1) is 5.09. The van der Waals surface area contributed by atoms with Gasteiger partial charge in [-0.3, -0.25) is 4.79 Å². The standard InChI is InChI=1S/C8H11NO2/c1-6-3-9(4-7(6)2)5-8(10)11/h3-4H,5H2,1-2H3,(H,10,11). The van der Waals surface area contributed by atoms with E-state index < -0.39 is 5.97 Å². The molecule has 1 N–H and O–H groups in total. The average Bonchev–Trinajstić information content (AvgIpc) is 2.10. The van der Waals surface area contributed by atoms with Crippen molar-refractivity contribution in [1.29, 1.82) is 0 Å². The van der Waals surface area contributed by atoms with E-state index in [2.05, 4.69) is 0 Å². The van der Waals surface area contributed by atoms with E-state index in [9.17, 15) is 4.79 Å². The van der Waals surface area contributed by atoms with Crippen LogP contribution in [0, 0.1) is 13.8 Å². The van der Waals surface area contributed by atoms with E-state index >= 15 is 0 Å². The molecule has 0 radical (unpaired) electrons. The zero-order valence-corrected chi connectivity index (χ0v) is 6.66. The lowest BCUT2D eigenvalue weighted by atomic mass is 10.2. The van der Waals surface area contributed by atoms with Gasteiger partial charge in [-0.05, 0) is 25.0 Å². The maximum absolute atomic E-state index is 10.3. The van der Waals surface area contributed by atoms with Gasteiger partial charge in [0, 0.05) is 12.4 Å². The number of aromatic nitrogens is 1. The van der Waals surface area contributed by atoms with Crippen molar-refractivity contribution in [3.63, 3.8) is 0 Å². The number of carboxylic acids is 1. The van der Waals surface area contributed by atoms with Crippen LogP contribution in [0.25, 0.3) is 0 Å². The third-order valence-corrected chi connectivity index (χ3v) is 1.66. The van der Waals surface area contributed by atoms with Crippen LogP contribution < -0.4 is 0 Å². The Balaban J connectivity index is 2.81. The fourth-order valence-corrected chi connectivity index (χ4v) is 0.986. The summed E-state index contributed by atoms with van der Waals surface area (Å²) in [5.41, 5.74) is 2.26. The van der Waals surface area contributed by atoms with Gasteiger partial charge in [0.1, 0.15) is 6.54 Å². The summed E-state index contributed by atoms with van der Waals surface area (Å²) in [6, 6.07) is 0. The molecular weight excluding hydrogens is 142 g/mol. The van der Waals surface area contributed by atoms with Gasteiger partial charge in [0.05, 0.1) is 0 Å². The van der Waals surface area contributed by atoms with E-state index in [1.165, 1.54) is 0 Å². The number of nitrogens with zero attached hydrogens (tertiary/aromatic N) is 1. The molecule has 1 aromatic heterocycles. The maximum atomic E-state index is 10.3. The number of hydrogen-bond acceptors (Lipinski definition) is 1. The minimum atomic E-state index is -0.806. The van der Waals surface area contributed by atoms with Crippen molar-refractivity contribution in [3.8, 4) is 0 Å². The van der Waals surface area contributed by atoms with Gasteiger partial charge in [0.2, 0.25) is 0 Å². The van der Waals surface area contributed by atoms with Gasteiger partial charge in [-0.1, -0.05) is 0 Å².